The van der Waals surface area contributed by atoms with Gasteiger partial charge in [0.05, 0.1) is 16.5 Å². The van der Waals surface area contributed by atoms with E-state index in [9.17, 15) is 9.50 Å². The van der Waals surface area contributed by atoms with Crippen LogP contribution in [0.3, 0.4) is 0 Å². The van der Waals surface area contributed by atoms with Gasteiger partial charge >= 0.3 is 0 Å². The minimum absolute atomic E-state index is 0.0162. The van der Waals surface area contributed by atoms with E-state index < -0.39 is 11.6 Å². The van der Waals surface area contributed by atoms with E-state index >= 15 is 4.39 Å². The number of phenolic OH excluding ortho intramolecular Hbond substituents is 1. The Morgan fingerprint density at radius 1 is 1.09 bits per heavy atom. The molecular formula is C34H30F2N6O. The Kier molecular flexibility index (Phi) is 6.04. The molecule has 0 aliphatic carbocycles. The van der Waals surface area contributed by atoms with Crippen LogP contribution in [0.1, 0.15) is 49.9 Å². The van der Waals surface area contributed by atoms with E-state index in [4.69, 9.17) is 11.4 Å². The molecule has 0 saturated carbocycles. The Morgan fingerprint density at radius 2 is 1.93 bits per heavy atom. The molecule has 4 aromatic rings. The van der Waals surface area contributed by atoms with Gasteiger partial charge in [-0.15, -0.1) is 6.42 Å². The van der Waals surface area contributed by atoms with Crippen LogP contribution in [0.5, 0.6) is 5.75 Å². The standard InChI is InChI=1S/C34H30F2N6O/c1-2-24-27(35)8-5-20-15-23(43)16-25(29(20)24)31-30(36)32-26(18-38-31)33(42-19-21-6-7-22(42)17-37-21)40-28(39-32)9-12-34-10-3-13-41(34)14-4-11-34/h1,5,8,15-16,18,21-22,37,43H,3-4,6-7,10-11,13-14,17,19H2/t21-,22?/m0/s1. The molecule has 0 radical (unpaired) electrons. The van der Waals surface area contributed by atoms with Crippen LogP contribution in [0.4, 0.5) is 14.6 Å². The lowest BCUT2D eigenvalue weighted by Crippen LogP contribution is -2.61. The SMILES string of the molecule is C#Cc1c(F)ccc2cc(O)cc(-c3ncc4c(N5C[C@@H]6CCC5CN6)nc(C#CC56CCCN5CCC6)nc4c3F)c12. The fourth-order valence-electron chi connectivity index (χ4n) is 7.71. The molecule has 2 atom stereocenters. The van der Waals surface area contributed by atoms with Gasteiger partial charge in [0.15, 0.2) is 5.82 Å². The van der Waals surface area contributed by atoms with E-state index in [1.165, 1.54) is 24.3 Å². The number of rotatable bonds is 2. The van der Waals surface area contributed by atoms with Crippen LogP contribution in [0.15, 0.2) is 30.5 Å². The zero-order chi connectivity index (χ0) is 29.3. The first-order valence-electron chi connectivity index (χ1n) is 15.0. The fraction of sp³-hybridized carbons (Fsp3) is 0.382. The summed E-state index contributed by atoms with van der Waals surface area (Å²) in [6.45, 7) is 3.68. The second-order valence-electron chi connectivity index (χ2n) is 12.2. The van der Waals surface area contributed by atoms with Crippen molar-refractivity contribution in [1.82, 2.24) is 25.2 Å². The molecule has 5 fully saturated rings. The van der Waals surface area contributed by atoms with Gasteiger partial charge in [0.25, 0.3) is 0 Å². The quantitative estimate of drug-likeness (QED) is 0.334. The van der Waals surface area contributed by atoms with Crippen LogP contribution < -0.4 is 10.2 Å². The van der Waals surface area contributed by atoms with E-state index in [2.05, 4.69) is 42.8 Å². The molecule has 9 heteroatoms. The highest BCUT2D eigenvalue weighted by Gasteiger charge is 2.43. The molecule has 0 amide bonds. The number of terminal acetylenes is 1. The molecule has 5 aliphatic rings. The number of aromatic nitrogens is 3. The van der Waals surface area contributed by atoms with Crippen LogP contribution in [0.2, 0.25) is 0 Å². The number of nitrogens with zero attached hydrogens (tertiary/aromatic N) is 5. The second-order valence-corrected chi connectivity index (χ2v) is 12.2. The van der Waals surface area contributed by atoms with Crippen molar-refractivity contribution in [3.8, 4) is 41.2 Å². The van der Waals surface area contributed by atoms with Crippen molar-refractivity contribution in [2.24, 2.45) is 0 Å². The first-order valence-corrected chi connectivity index (χ1v) is 15.0. The number of aromatic hydroxyl groups is 1. The fourth-order valence-corrected chi connectivity index (χ4v) is 7.71. The summed E-state index contributed by atoms with van der Waals surface area (Å²) in [6, 6.07) is 6.15. The maximum Gasteiger partial charge on any atom is 0.207 e. The highest BCUT2D eigenvalue weighted by molar-refractivity contribution is 6.03. The minimum atomic E-state index is -0.690. The number of nitrogens with one attached hydrogen (secondary N) is 1. The summed E-state index contributed by atoms with van der Waals surface area (Å²) < 4.78 is 31.5. The Labute approximate surface area is 248 Å². The van der Waals surface area contributed by atoms with Gasteiger partial charge in [0, 0.05) is 42.3 Å². The number of fused-ring (bicyclic) bond motifs is 6. The molecule has 2 aromatic carbocycles. The summed E-state index contributed by atoms with van der Waals surface area (Å²) in [5.74, 6) is 8.66. The number of piperazine rings is 1. The summed E-state index contributed by atoms with van der Waals surface area (Å²) >= 11 is 0. The lowest BCUT2D eigenvalue weighted by Gasteiger charge is -2.46. The summed E-state index contributed by atoms with van der Waals surface area (Å²) in [5.41, 5.74) is 0.0400. The highest BCUT2D eigenvalue weighted by atomic mass is 19.1. The summed E-state index contributed by atoms with van der Waals surface area (Å²) in [7, 11) is 0. The summed E-state index contributed by atoms with van der Waals surface area (Å²) in [6.07, 6.45) is 13.6. The Balaban J connectivity index is 1.35. The monoisotopic (exact) mass is 576 g/mol. The van der Waals surface area contributed by atoms with Crippen molar-refractivity contribution >= 4 is 27.5 Å². The van der Waals surface area contributed by atoms with Gasteiger partial charge in [-0.05, 0) is 81.1 Å². The van der Waals surface area contributed by atoms with Gasteiger partial charge in [-0.25, -0.2) is 18.7 Å². The maximum atomic E-state index is 16.8. The average molecular weight is 577 g/mol. The van der Waals surface area contributed by atoms with Crippen molar-refractivity contribution in [3.63, 3.8) is 0 Å². The molecule has 7 nitrogen and oxygen atoms in total. The number of pyridine rings is 1. The van der Waals surface area contributed by atoms with Crippen LogP contribution >= 0.6 is 0 Å². The number of anilines is 1. The molecule has 5 saturated heterocycles. The predicted molar refractivity (Wildman–Crippen MR) is 162 cm³/mol. The molecular weight excluding hydrogens is 546 g/mol. The average Bonchev–Trinajstić information content (AvgIpc) is 3.61. The van der Waals surface area contributed by atoms with Gasteiger partial charge in [-0.3, -0.25) is 9.88 Å². The summed E-state index contributed by atoms with van der Waals surface area (Å²) in [5, 5.41) is 15.4. The van der Waals surface area contributed by atoms with Gasteiger partial charge in [0.2, 0.25) is 5.82 Å². The van der Waals surface area contributed by atoms with Gasteiger partial charge < -0.3 is 15.3 Å². The number of piperidine rings is 2. The Bertz CT molecular complexity index is 1910. The van der Waals surface area contributed by atoms with Crippen LogP contribution in [-0.2, 0) is 0 Å². The number of hydrogen-bond donors (Lipinski definition) is 2. The normalized spacial score (nSPS) is 22.5. The van der Waals surface area contributed by atoms with Crippen molar-refractivity contribution in [2.45, 2.75) is 56.1 Å². The molecule has 2 N–H and O–H groups in total. The van der Waals surface area contributed by atoms with E-state index in [-0.39, 0.29) is 45.5 Å². The number of hydrogen-bond acceptors (Lipinski definition) is 7. The lowest BCUT2D eigenvalue weighted by atomic mass is 9.92. The van der Waals surface area contributed by atoms with Gasteiger partial charge in [0.1, 0.15) is 28.6 Å². The topological polar surface area (TPSA) is 77.4 Å². The third-order valence-corrected chi connectivity index (χ3v) is 9.78. The molecule has 0 spiro atoms. The smallest absolute Gasteiger partial charge is 0.207 e. The molecule has 2 bridgehead atoms. The molecule has 9 rings (SSSR count). The third kappa shape index (κ3) is 4.14. The zero-order valence-corrected chi connectivity index (χ0v) is 23.6. The molecule has 7 heterocycles. The minimum Gasteiger partial charge on any atom is -0.508 e. The molecule has 5 aliphatic heterocycles. The van der Waals surface area contributed by atoms with Crippen molar-refractivity contribution in [1.29, 1.82) is 0 Å². The Hall–Kier alpha value is -4.31. The van der Waals surface area contributed by atoms with Crippen LogP contribution in [0.25, 0.3) is 32.9 Å². The molecule has 2 aromatic heterocycles. The first-order chi connectivity index (χ1) is 20.9. The second kappa shape index (κ2) is 9.87. The maximum absolute atomic E-state index is 16.8. The molecule has 1 unspecified atom stereocenters. The van der Waals surface area contributed by atoms with E-state index in [1.54, 1.807) is 6.20 Å². The predicted octanol–water partition coefficient (Wildman–Crippen LogP) is 4.73. The lowest BCUT2D eigenvalue weighted by molar-refractivity contribution is 0.261. The van der Waals surface area contributed by atoms with E-state index in [0.717, 1.165) is 64.7 Å². The van der Waals surface area contributed by atoms with Crippen molar-refractivity contribution < 1.29 is 13.9 Å². The van der Waals surface area contributed by atoms with E-state index in [1.807, 2.05) is 0 Å². The number of phenols is 1. The molecule has 216 valence electrons. The Morgan fingerprint density at radius 3 is 2.65 bits per heavy atom. The molecule has 43 heavy (non-hydrogen) atoms. The third-order valence-electron chi connectivity index (χ3n) is 9.78. The first kappa shape index (κ1) is 26.3. The van der Waals surface area contributed by atoms with Gasteiger partial charge in [-0.2, -0.15) is 0 Å². The van der Waals surface area contributed by atoms with Crippen LogP contribution in [-0.4, -0.2) is 68.8 Å². The number of benzene rings is 2. The summed E-state index contributed by atoms with van der Waals surface area (Å²) in [4.78, 5) is 18.8. The number of halogens is 2. The van der Waals surface area contributed by atoms with Crippen molar-refractivity contribution in [2.75, 3.05) is 31.1 Å². The highest BCUT2D eigenvalue weighted by Crippen LogP contribution is 2.40. The van der Waals surface area contributed by atoms with Crippen molar-refractivity contribution in [3.05, 3.63) is 53.5 Å². The van der Waals surface area contributed by atoms with E-state index in [0.29, 0.717) is 28.0 Å². The zero-order valence-electron chi connectivity index (χ0n) is 23.6. The van der Waals surface area contributed by atoms with Gasteiger partial charge in [-0.1, -0.05) is 17.9 Å². The largest absolute Gasteiger partial charge is 0.508 e. The van der Waals surface area contributed by atoms with Crippen LogP contribution in [0, 0.1) is 35.8 Å².